The predicted octanol–water partition coefficient (Wildman–Crippen LogP) is 3.17. The van der Waals surface area contributed by atoms with Gasteiger partial charge in [0.1, 0.15) is 11.6 Å². The summed E-state index contributed by atoms with van der Waals surface area (Å²) in [6, 6.07) is 14.2. The van der Waals surface area contributed by atoms with Crippen molar-refractivity contribution >= 4 is 15.9 Å². The van der Waals surface area contributed by atoms with Crippen LogP contribution in [0.2, 0.25) is 0 Å². The zero-order valence-corrected chi connectivity index (χ0v) is 14.7. The van der Waals surface area contributed by atoms with E-state index < -0.39 is 10.0 Å². The van der Waals surface area contributed by atoms with Gasteiger partial charge >= 0.3 is 0 Å². The van der Waals surface area contributed by atoms with Crippen LogP contribution in [-0.4, -0.2) is 32.2 Å². The van der Waals surface area contributed by atoms with Crippen LogP contribution in [0.15, 0.2) is 58.4 Å². The van der Waals surface area contributed by atoms with Gasteiger partial charge in [0.25, 0.3) is 10.0 Å². The molecular formula is C18H20N2O3S. The smallest absolute Gasteiger partial charge is 0.265 e. The molecule has 0 fully saturated rings. The second-order valence-electron chi connectivity index (χ2n) is 5.82. The van der Waals surface area contributed by atoms with E-state index >= 15 is 0 Å². The Balaban J connectivity index is 1.89. The second-order valence-corrected chi connectivity index (χ2v) is 7.68. The van der Waals surface area contributed by atoms with Crippen LogP contribution in [0, 0.1) is 6.92 Å². The standard InChI is InChI=1S/C18H20N2O3S/c1-13-7-9-17(10-8-13)24(21,22)20-12-18(19-14(20)2)15-5-4-6-16(11-15)23-3/h4-11,18H,12H2,1-3H3. The molecule has 1 atom stereocenters. The Labute approximate surface area is 142 Å². The lowest BCUT2D eigenvalue weighted by molar-refractivity contribution is 0.413. The molecule has 6 heteroatoms. The molecule has 1 aliphatic rings. The van der Waals surface area contributed by atoms with E-state index in [2.05, 4.69) is 4.99 Å². The maximum absolute atomic E-state index is 12.9. The van der Waals surface area contributed by atoms with Crippen LogP contribution >= 0.6 is 0 Å². The molecule has 0 spiro atoms. The first-order valence-corrected chi connectivity index (χ1v) is 9.13. The highest BCUT2D eigenvalue weighted by Gasteiger charge is 2.33. The number of hydrogen-bond acceptors (Lipinski definition) is 4. The normalized spacial score (nSPS) is 17.7. The van der Waals surface area contributed by atoms with Gasteiger partial charge < -0.3 is 4.74 Å². The number of aryl methyl sites for hydroxylation is 1. The third-order valence-electron chi connectivity index (χ3n) is 4.13. The largest absolute Gasteiger partial charge is 0.497 e. The maximum Gasteiger partial charge on any atom is 0.265 e. The first-order valence-electron chi connectivity index (χ1n) is 7.69. The molecule has 3 rings (SSSR count). The SMILES string of the molecule is COc1cccc(C2CN(S(=O)(=O)c3ccc(C)cc3)C(C)=N2)c1. The summed E-state index contributed by atoms with van der Waals surface area (Å²) in [5.41, 5.74) is 1.96. The van der Waals surface area contributed by atoms with Gasteiger partial charge in [-0.3, -0.25) is 9.30 Å². The number of hydrogen-bond donors (Lipinski definition) is 0. The van der Waals surface area contributed by atoms with Crippen LogP contribution in [-0.2, 0) is 10.0 Å². The Morgan fingerprint density at radius 1 is 1.12 bits per heavy atom. The number of aliphatic imine (C=N–C) groups is 1. The summed E-state index contributed by atoms with van der Waals surface area (Å²) in [5, 5.41) is 0. The summed E-state index contributed by atoms with van der Waals surface area (Å²) in [5.74, 6) is 1.24. The number of nitrogens with zero attached hydrogens (tertiary/aromatic N) is 2. The maximum atomic E-state index is 12.9. The molecule has 0 radical (unpaired) electrons. The van der Waals surface area contributed by atoms with Crippen LogP contribution in [0.25, 0.3) is 0 Å². The van der Waals surface area contributed by atoms with E-state index in [0.717, 1.165) is 16.9 Å². The van der Waals surface area contributed by atoms with E-state index in [4.69, 9.17) is 4.74 Å². The van der Waals surface area contributed by atoms with Crippen LogP contribution in [0.4, 0.5) is 0 Å². The summed E-state index contributed by atoms with van der Waals surface area (Å²) in [6.45, 7) is 3.96. The highest BCUT2D eigenvalue weighted by molar-refractivity contribution is 7.89. The van der Waals surface area contributed by atoms with Crippen LogP contribution in [0.5, 0.6) is 5.75 Å². The van der Waals surface area contributed by atoms with Crippen molar-refractivity contribution < 1.29 is 13.2 Å². The number of methoxy groups -OCH3 is 1. The van der Waals surface area contributed by atoms with E-state index in [1.54, 1.807) is 38.3 Å². The number of amidine groups is 1. The van der Waals surface area contributed by atoms with Gasteiger partial charge in [-0.05, 0) is 43.7 Å². The van der Waals surface area contributed by atoms with Gasteiger partial charge in [0.05, 0.1) is 24.6 Å². The van der Waals surface area contributed by atoms with Crippen molar-refractivity contribution in [2.45, 2.75) is 24.8 Å². The molecule has 0 saturated carbocycles. The zero-order chi connectivity index (χ0) is 17.3. The molecule has 2 aromatic carbocycles. The molecule has 24 heavy (non-hydrogen) atoms. The number of benzene rings is 2. The lowest BCUT2D eigenvalue weighted by Crippen LogP contribution is -2.33. The molecule has 0 N–H and O–H groups in total. The molecule has 0 saturated heterocycles. The van der Waals surface area contributed by atoms with E-state index in [9.17, 15) is 8.42 Å². The highest BCUT2D eigenvalue weighted by Crippen LogP contribution is 2.30. The van der Waals surface area contributed by atoms with E-state index in [1.165, 1.54) is 4.31 Å². The number of ether oxygens (including phenoxy) is 1. The minimum absolute atomic E-state index is 0.222. The van der Waals surface area contributed by atoms with Gasteiger partial charge in [0, 0.05) is 0 Å². The fourth-order valence-electron chi connectivity index (χ4n) is 2.76. The Kier molecular flexibility index (Phi) is 4.32. The topological polar surface area (TPSA) is 59.0 Å². The van der Waals surface area contributed by atoms with E-state index in [1.807, 2.05) is 31.2 Å². The minimum atomic E-state index is -3.59. The van der Waals surface area contributed by atoms with E-state index in [-0.39, 0.29) is 10.9 Å². The Morgan fingerprint density at radius 3 is 2.50 bits per heavy atom. The van der Waals surface area contributed by atoms with E-state index in [0.29, 0.717) is 12.4 Å². The lowest BCUT2D eigenvalue weighted by atomic mass is 10.1. The summed E-state index contributed by atoms with van der Waals surface area (Å²) in [7, 11) is -1.98. The van der Waals surface area contributed by atoms with Crippen molar-refractivity contribution in [1.82, 2.24) is 4.31 Å². The lowest BCUT2D eigenvalue weighted by Gasteiger charge is -2.19. The highest BCUT2D eigenvalue weighted by atomic mass is 32.2. The van der Waals surface area contributed by atoms with Crippen molar-refractivity contribution in [3.8, 4) is 5.75 Å². The van der Waals surface area contributed by atoms with Crippen LogP contribution < -0.4 is 4.74 Å². The summed E-state index contributed by atoms with van der Waals surface area (Å²) in [4.78, 5) is 4.82. The molecule has 5 nitrogen and oxygen atoms in total. The molecule has 126 valence electrons. The minimum Gasteiger partial charge on any atom is -0.497 e. The molecule has 0 bridgehead atoms. The Hall–Kier alpha value is -2.34. The molecule has 0 aliphatic carbocycles. The first kappa shape index (κ1) is 16.5. The Bertz CT molecular complexity index is 873. The summed E-state index contributed by atoms with van der Waals surface area (Å²) >= 11 is 0. The fourth-order valence-corrected chi connectivity index (χ4v) is 4.23. The zero-order valence-electron chi connectivity index (χ0n) is 13.9. The van der Waals surface area contributed by atoms with Crippen LogP contribution in [0.1, 0.15) is 24.1 Å². The van der Waals surface area contributed by atoms with Crippen molar-refractivity contribution in [3.05, 3.63) is 59.7 Å². The van der Waals surface area contributed by atoms with Gasteiger partial charge in [0.15, 0.2) is 0 Å². The van der Waals surface area contributed by atoms with Crippen molar-refractivity contribution in [2.24, 2.45) is 4.99 Å². The van der Waals surface area contributed by atoms with Gasteiger partial charge in [-0.25, -0.2) is 8.42 Å². The van der Waals surface area contributed by atoms with Gasteiger partial charge in [0.2, 0.25) is 0 Å². The first-order chi connectivity index (χ1) is 11.4. The number of rotatable bonds is 4. The molecule has 0 aromatic heterocycles. The van der Waals surface area contributed by atoms with Gasteiger partial charge in [-0.2, -0.15) is 0 Å². The van der Waals surface area contributed by atoms with Crippen molar-refractivity contribution in [3.63, 3.8) is 0 Å². The van der Waals surface area contributed by atoms with Crippen molar-refractivity contribution in [2.75, 3.05) is 13.7 Å². The average Bonchev–Trinajstić information content (AvgIpc) is 2.98. The molecular weight excluding hydrogens is 324 g/mol. The third-order valence-corrected chi connectivity index (χ3v) is 5.99. The molecule has 0 amide bonds. The molecule has 1 unspecified atom stereocenters. The molecule has 1 heterocycles. The predicted molar refractivity (Wildman–Crippen MR) is 93.9 cm³/mol. The summed E-state index contributed by atoms with van der Waals surface area (Å²) in [6.07, 6.45) is 0. The van der Waals surface area contributed by atoms with Gasteiger partial charge in [-0.1, -0.05) is 29.8 Å². The monoisotopic (exact) mass is 344 g/mol. The quantitative estimate of drug-likeness (QED) is 0.856. The fraction of sp³-hybridized carbons (Fsp3) is 0.278. The molecule has 1 aliphatic heterocycles. The van der Waals surface area contributed by atoms with Crippen LogP contribution in [0.3, 0.4) is 0 Å². The molecule has 2 aromatic rings. The average molecular weight is 344 g/mol. The number of sulfonamides is 1. The van der Waals surface area contributed by atoms with Gasteiger partial charge in [-0.15, -0.1) is 0 Å². The summed E-state index contributed by atoms with van der Waals surface area (Å²) < 4.78 is 32.4. The second kappa shape index (κ2) is 6.28. The van der Waals surface area contributed by atoms with Crippen molar-refractivity contribution in [1.29, 1.82) is 0 Å². The Morgan fingerprint density at radius 2 is 1.83 bits per heavy atom. The third kappa shape index (κ3) is 3.01.